The summed E-state index contributed by atoms with van der Waals surface area (Å²) in [6.07, 6.45) is 0.0481. The predicted octanol–water partition coefficient (Wildman–Crippen LogP) is 3.70. The molecular formula is C22H19N3O4. The van der Waals surface area contributed by atoms with Crippen molar-refractivity contribution < 1.29 is 19.1 Å². The number of amides is 2. The molecule has 3 aromatic rings. The van der Waals surface area contributed by atoms with Gasteiger partial charge in [-0.15, -0.1) is 0 Å². The number of benzene rings is 3. The van der Waals surface area contributed by atoms with Crippen molar-refractivity contribution in [3.8, 4) is 11.5 Å². The number of nitrogens with one attached hydrogen (secondary N) is 2. The van der Waals surface area contributed by atoms with Crippen LogP contribution in [0.1, 0.15) is 23.7 Å². The van der Waals surface area contributed by atoms with Gasteiger partial charge >= 0.3 is 0 Å². The standard InChI is InChI=1S/C22H19N3O4/c1-14(10-21(26)23-18-8-9-19-20(12-18)29-13-28-19)24-25-22(27)17-7-6-15-4-2-3-5-16(15)11-17/h2-9,11-12H,10,13H2,1H3,(H,23,26)(H,25,27). The highest BCUT2D eigenvalue weighted by Crippen LogP contribution is 2.34. The van der Waals surface area contributed by atoms with E-state index < -0.39 is 0 Å². The number of anilines is 1. The molecule has 2 amide bonds. The van der Waals surface area contributed by atoms with Gasteiger partial charge in [0.2, 0.25) is 12.7 Å². The normalized spacial score (nSPS) is 12.7. The van der Waals surface area contributed by atoms with Gasteiger partial charge in [-0.05, 0) is 42.0 Å². The molecule has 0 saturated heterocycles. The van der Waals surface area contributed by atoms with E-state index in [4.69, 9.17) is 9.47 Å². The summed E-state index contributed by atoms with van der Waals surface area (Å²) in [5, 5.41) is 8.84. The molecular weight excluding hydrogens is 370 g/mol. The lowest BCUT2D eigenvalue weighted by Gasteiger charge is -2.07. The van der Waals surface area contributed by atoms with E-state index in [2.05, 4.69) is 15.8 Å². The van der Waals surface area contributed by atoms with E-state index in [-0.39, 0.29) is 25.0 Å². The molecule has 0 aliphatic carbocycles. The second-order valence-corrected chi connectivity index (χ2v) is 6.64. The van der Waals surface area contributed by atoms with Crippen LogP contribution in [0, 0.1) is 0 Å². The lowest BCUT2D eigenvalue weighted by atomic mass is 10.1. The van der Waals surface area contributed by atoms with Gasteiger partial charge in [-0.3, -0.25) is 9.59 Å². The number of hydrazone groups is 1. The smallest absolute Gasteiger partial charge is 0.271 e. The summed E-state index contributed by atoms with van der Waals surface area (Å²) in [7, 11) is 0. The van der Waals surface area contributed by atoms with Crippen LogP contribution in [0.15, 0.2) is 65.8 Å². The van der Waals surface area contributed by atoms with Gasteiger partial charge in [0.15, 0.2) is 11.5 Å². The zero-order valence-electron chi connectivity index (χ0n) is 15.8. The Kier molecular flexibility index (Phi) is 5.11. The van der Waals surface area contributed by atoms with Gasteiger partial charge in [0.05, 0.1) is 6.42 Å². The van der Waals surface area contributed by atoms with E-state index in [9.17, 15) is 9.59 Å². The maximum Gasteiger partial charge on any atom is 0.271 e. The van der Waals surface area contributed by atoms with Crippen molar-refractivity contribution >= 4 is 34.0 Å². The Morgan fingerprint density at radius 1 is 0.966 bits per heavy atom. The zero-order valence-corrected chi connectivity index (χ0v) is 15.8. The molecule has 1 heterocycles. The summed E-state index contributed by atoms with van der Waals surface area (Å²) in [6.45, 7) is 1.86. The van der Waals surface area contributed by atoms with Gasteiger partial charge in [0.1, 0.15) is 0 Å². The molecule has 3 aromatic carbocycles. The molecule has 0 fully saturated rings. The number of carbonyl (C=O) groups is 2. The van der Waals surface area contributed by atoms with Gasteiger partial charge in [-0.25, -0.2) is 5.43 Å². The van der Waals surface area contributed by atoms with Gasteiger partial charge < -0.3 is 14.8 Å². The summed E-state index contributed by atoms with van der Waals surface area (Å²) in [5.74, 6) is 0.671. The lowest BCUT2D eigenvalue weighted by molar-refractivity contribution is -0.115. The summed E-state index contributed by atoms with van der Waals surface area (Å²) in [4.78, 5) is 24.5. The molecule has 2 N–H and O–H groups in total. The molecule has 0 radical (unpaired) electrons. The van der Waals surface area contributed by atoms with E-state index in [0.29, 0.717) is 28.5 Å². The fraction of sp³-hybridized carbons (Fsp3) is 0.136. The Balaban J connectivity index is 1.34. The van der Waals surface area contributed by atoms with E-state index in [1.54, 1.807) is 31.2 Å². The number of hydrogen-bond acceptors (Lipinski definition) is 5. The third kappa shape index (κ3) is 4.35. The van der Waals surface area contributed by atoms with Crippen LogP contribution < -0.4 is 20.2 Å². The minimum absolute atomic E-state index is 0.0481. The Morgan fingerprint density at radius 2 is 1.76 bits per heavy atom. The summed E-state index contributed by atoms with van der Waals surface area (Å²) < 4.78 is 10.5. The first-order valence-electron chi connectivity index (χ1n) is 9.10. The second kappa shape index (κ2) is 8.02. The number of ether oxygens (including phenoxy) is 2. The fourth-order valence-electron chi connectivity index (χ4n) is 2.99. The minimum Gasteiger partial charge on any atom is -0.454 e. The van der Waals surface area contributed by atoms with E-state index in [0.717, 1.165) is 10.8 Å². The molecule has 7 nitrogen and oxygen atoms in total. The zero-order chi connectivity index (χ0) is 20.2. The molecule has 1 aliphatic rings. The molecule has 0 aromatic heterocycles. The van der Waals surface area contributed by atoms with E-state index in [1.165, 1.54) is 0 Å². The van der Waals surface area contributed by atoms with Crippen LogP contribution in [0.2, 0.25) is 0 Å². The quantitative estimate of drug-likeness (QED) is 0.514. The molecule has 7 heteroatoms. The van der Waals surface area contributed by atoms with Crippen LogP contribution >= 0.6 is 0 Å². The van der Waals surface area contributed by atoms with E-state index in [1.807, 2.05) is 36.4 Å². The van der Waals surface area contributed by atoms with Crippen LogP contribution in [0.4, 0.5) is 5.69 Å². The first-order valence-corrected chi connectivity index (χ1v) is 9.10. The van der Waals surface area contributed by atoms with Crippen LogP contribution in [0.5, 0.6) is 11.5 Å². The van der Waals surface area contributed by atoms with Gasteiger partial charge in [-0.2, -0.15) is 5.10 Å². The third-order valence-corrected chi connectivity index (χ3v) is 4.43. The van der Waals surface area contributed by atoms with Crippen molar-refractivity contribution in [2.75, 3.05) is 12.1 Å². The number of rotatable bonds is 5. The molecule has 4 rings (SSSR count). The first kappa shape index (κ1) is 18.5. The minimum atomic E-state index is -0.328. The number of fused-ring (bicyclic) bond motifs is 2. The Morgan fingerprint density at radius 3 is 2.62 bits per heavy atom. The predicted molar refractivity (Wildman–Crippen MR) is 110 cm³/mol. The number of carbonyl (C=O) groups excluding carboxylic acids is 2. The number of hydrogen-bond donors (Lipinski definition) is 2. The Bertz CT molecular complexity index is 1120. The highest BCUT2D eigenvalue weighted by molar-refractivity contribution is 6.06. The second-order valence-electron chi connectivity index (χ2n) is 6.64. The molecule has 0 spiro atoms. The third-order valence-electron chi connectivity index (χ3n) is 4.43. The molecule has 1 aliphatic heterocycles. The SMILES string of the molecule is CC(CC(=O)Nc1ccc2c(c1)OCO2)=NNC(=O)c1ccc2ccccc2c1. The first-order chi connectivity index (χ1) is 14.1. The van der Waals surface area contributed by atoms with Crippen LogP contribution in [0.25, 0.3) is 10.8 Å². The molecule has 0 bridgehead atoms. The molecule has 29 heavy (non-hydrogen) atoms. The van der Waals surface area contributed by atoms with Gasteiger partial charge in [0.25, 0.3) is 5.91 Å². The summed E-state index contributed by atoms with van der Waals surface area (Å²) >= 11 is 0. The summed E-state index contributed by atoms with van der Waals surface area (Å²) in [6, 6.07) is 18.4. The fourth-order valence-corrected chi connectivity index (χ4v) is 2.99. The Hall–Kier alpha value is -3.87. The average Bonchev–Trinajstić information content (AvgIpc) is 3.19. The molecule has 0 atom stereocenters. The molecule has 0 saturated carbocycles. The monoisotopic (exact) mass is 389 g/mol. The van der Waals surface area contributed by atoms with Crippen LogP contribution in [0.3, 0.4) is 0 Å². The van der Waals surface area contributed by atoms with Crippen molar-refractivity contribution in [2.45, 2.75) is 13.3 Å². The van der Waals surface area contributed by atoms with Gasteiger partial charge in [-0.1, -0.05) is 30.3 Å². The topological polar surface area (TPSA) is 89.0 Å². The largest absolute Gasteiger partial charge is 0.454 e. The number of nitrogens with zero attached hydrogens (tertiary/aromatic N) is 1. The highest BCUT2D eigenvalue weighted by atomic mass is 16.7. The maximum atomic E-state index is 12.3. The van der Waals surface area contributed by atoms with Crippen LogP contribution in [-0.2, 0) is 4.79 Å². The van der Waals surface area contributed by atoms with Crippen molar-refractivity contribution in [1.82, 2.24) is 5.43 Å². The average molecular weight is 389 g/mol. The van der Waals surface area contributed by atoms with Crippen molar-refractivity contribution in [1.29, 1.82) is 0 Å². The van der Waals surface area contributed by atoms with Crippen molar-refractivity contribution in [2.24, 2.45) is 5.10 Å². The highest BCUT2D eigenvalue weighted by Gasteiger charge is 2.14. The van der Waals surface area contributed by atoms with Gasteiger partial charge in [0, 0.05) is 23.0 Å². The lowest BCUT2D eigenvalue weighted by Crippen LogP contribution is -2.21. The van der Waals surface area contributed by atoms with Crippen LogP contribution in [-0.4, -0.2) is 24.3 Å². The van der Waals surface area contributed by atoms with Crippen molar-refractivity contribution in [3.05, 3.63) is 66.2 Å². The van der Waals surface area contributed by atoms with Crippen molar-refractivity contribution in [3.63, 3.8) is 0 Å². The van der Waals surface area contributed by atoms with E-state index >= 15 is 0 Å². The summed E-state index contributed by atoms with van der Waals surface area (Å²) in [5.41, 5.74) is 4.09. The molecule has 146 valence electrons. The maximum absolute atomic E-state index is 12.3. The Labute approximate surface area is 167 Å². The molecule has 0 unspecified atom stereocenters.